The number of nitrogens with zero attached hydrogens (tertiary/aromatic N) is 1. The molecule has 0 saturated heterocycles. The lowest BCUT2D eigenvalue weighted by Crippen LogP contribution is -2.35. The van der Waals surface area contributed by atoms with Gasteiger partial charge in [-0.05, 0) is 53.9 Å². The first-order chi connectivity index (χ1) is 13.3. The maximum atomic E-state index is 12.2. The first-order valence-electron chi connectivity index (χ1n) is 9.47. The van der Waals surface area contributed by atoms with Crippen LogP contribution in [0.25, 0.3) is 0 Å². The molecule has 2 aromatic rings. The van der Waals surface area contributed by atoms with E-state index < -0.39 is 0 Å². The lowest BCUT2D eigenvalue weighted by atomic mass is 9.72. The van der Waals surface area contributed by atoms with Crippen molar-refractivity contribution in [1.29, 1.82) is 5.26 Å². The summed E-state index contributed by atoms with van der Waals surface area (Å²) in [6.45, 7) is 6.83. The van der Waals surface area contributed by atoms with Crippen LogP contribution in [0.3, 0.4) is 0 Å². The summed E-state index contributed by atoms with van der Waals surface area (Å²) in [6.07, 6.45) is 3.28. The van der Waals surface area contributed by atoms with Gasteiger partial charge in [0.05, 0.1) is 12.0 Å². The molecule has 1 amide bonds. The number of nitriles is 1. The van der Waals surface area contributed by atoms with E-state index >= 15 is 0 Å². The summed E-state index contributed by atoms with van der Waals surface area (Å²) in [5.41, 5.74) is 3.00. The number of hydrogen-bond acceptors (Lipinski definition) is 4. The quantitative estimate of drug-likeness (QED) is 0.710. The van der Waals surface area contributed by atoms with Crippen molar-refractivity contribution in [2.75, 3.05) is 5.32 Å². The van der Waals surface area contributed by atoms with Gasteiger partial charge in [-0.3, -0.25) is 4.79 Å². The van der Waals surface area contributed by atoms with Crippen LogP contribution in [-0.4, -0.2) is 11.0 Å². The zero-order chi connectivity index (χ0) is 20.3. The predicted octanol–water partition coefficient (Wildman–Crippen LogP) is 4.83. The maximum absolute atomic E-state index is 12.2. The molecule has 3 rings (SSSR count). The number of fused-ring (bicyclic) bond motifs is 1. The molecule has 0 unspecified atom stereocenters. The number of carbonyl (C=O) groups is 1. The summed E-state index contributed by atoms with van der Waals surface area (Å²) in [4.78, 5) is 13.5. The van der Waals surface area contributed by atoms with Crippen molar-refractivity contribution in [3.63, 3.8) is 0 Å². The van der Waals surface area contributed by atoms with Crippen LogP contribution in [0.5, 0.6) is 0 Å². The number of carbonyl (C=O) groups excluding carboxylic acids is 1. The number of amides is 1. The van der Waals surface area contributed by atoms with Gasteiger partial charge in [-0.1, -0.05) is 51.1 Å². The molecule has 0 spiro atoms. The number of rotatable bonds is 3. The van der Waals surface area contributed by atoms with Gasteiger partial charge in [-0.25, -0.2) is 0 Å². The van der Waals surface area contributed by atoms with Crippen LogP contribution in [0.15, 0.2) is 30.3 Å². The first kappa shape index (κ1) is 20.5. The molecular formula is C22H25N3OS2. The summed E-state index contributed by atoms with van der Waals surface area (Å²) < 4.78 is 0. The average molecular weight is 412 g/mol. The minimum atomic E-state index is -0.170. The van der Waals surface area contributed by atoms with Crippen molar-refractivity contribution >= 4 is 39.6 Å². The fourth-order valence-electron chi connectivity index (χ4n) is 3.62. The molecule has 1 aliphatic rings. The fourth-order valence-corrected chi connectivity index (χ4v) is 5.18. The number of anilines is 1. The van der Waals surface area contributed by atoms with Crippen LogP contribution < -0.4 is 10.6 Å². The minimum absolute atomic E-state index is 0.170. The third-order valence-corrected chi connectivity index (χ3v) is 6.66. The van der Waals surface area contributed by atoms with E-state index in [-0.39, 0.29) is 22.9 Å². The Morgan fingerprint density at radius 3 is 2.68 bits per heavy atom. The van der Waals surface area contributed by atoms with Gasteiger partial charge < -0.3 is 10.6 Å². The number of hydrogen-bond donors (Lipinski definition) is 2. The molecule has 0 radical (unpaired) electrons. The normalized spacial score (nSPS) is 16.0. The number of benzene rings is 1. The van der Waals surface area contributed by atoms with E-state index in [0.29, 0.717) is 11.5 Å². The second-order valence-corrected chi connectivity index (χ2v) is 9.80. The SMILES string of the molecule is CC(C)(C)[C@H]1CCc2c(sc(NC(=S)NC(=O)Cc3ccccc3)c2C#N)C1. The molecule has 1 atom stereocenters. The molecule has 6 heteroatoms. The van der Waals surface area contributed by atoms with E-state index in [4.69, 9.17) is 12.2 Å². The van der Waals surface area contributed by atoms with Crippen LogP contribution in [0, 0.1) is 22.7 Å². The molecule has 4 nitrogen and oxygen atoms in total. The van der Waals surface area contributed by atoms with Gasteiger partial charge in [-0.15, -0.1) is 11.3 Å². The summed E-state index contributed by atoms with van der Waals surface area (Å²) >= 11 is 6.91. The van der Waals surface area contributed by atoms with Gasteiger partial charge >= 0.3 is 0 Å². The third kappa shape index (κ3) is 4.78. The second-order valence-electron chi connectivity index (χ2n) is 8.29. The van der Waals surface area contributed by atoms with Gasteiger partial charge in [-0.2, -0.15) is 5.26 Å². The van der Waals surface area contributed by atoms with E-state index in [1.165, 1.54) is 4.88 Å². The molecule has 1 heterocycles. The van der Waals surface area contributed by atoms with Gasteiger partial charge in [0.2, 0.25) is 5.91 Å². The minimum Gasteiger partial charge on any atom is -0.323 e. The van der Waals surface area contributed by atoms with Crippen LogP contribution in [0.2, 0.25) is 0 Å². The molecule has 0 aliphatic heterocycles. The van der Waals surface area contributed by atoms with E-state index in [0.717, 1.165) is 35.4 Å². The average Bonchev–Trinajstić information content (AvgIpc) is 2.97. The number of thiocarbonyl (C=S) groups is 1. The summed E-state index contributed by atoms with van der Waals surface area (Å²) in [5.74, 6) is 0.437. The van der Waals surface area contributed by atoms with Gasteiger partial charge in [0, 0.05) is 4.88 Å². The number of thiophene rings is 1. The molecule has 1 aliphatic carbocycles. The van der Waals surface area contributed by atoms with E-state index in [9.17, 15) is 10.1 Å². The van der Waals surface area contributed by atoms with Crippen molar-refractivity contribution < 1.29 is 4.79 Å². The summed E-state index contributed by atoms with van der Waals surface area (Å²) in [7, 11) is 0. The Bertz CT molecular complexity index is 920. The molecule has 1 aromatic heterocycles. The Kier molecular flexibility index (Phi) is 6.17. The standard InChI is InChI=1S/C22H25N3OS2/c1-22(2,3)15-9-10-16-17(13-23)20(28-18(16)12-15)25-21(27)24-19(26)11-14-7-5-4-6-8-14/h4-8,15H,9-12H2,1-3H3,(H2,24,25,26,27)/t15-/m0/s1. The van der Waals surface area contributed by atoms with Crippen LogP contribution in [-0.2, 0) is 24.1 Å². The smallest absolute Gasteiger partial charge is 0.230 e. The third-order valence-electron chi connectivity index (χ3n) is 5.29. The molecule has 0 saturated carbocycles. The summed E-state index contributed by atoms with van der Waals surface area (Å²) in [6, 6.07) is 11.9. The van der Waals surface area contributed by atoms with Crippen molar-refractivity contribution in [3.05, 3.63) is 51.9 Å². The van der Waals surface area contributed by atoms with Crippen molar-refractivity contribution in [3.8, 4) is 6.07 Å². The largest absolute Gasteiger partial charge is 0.323 e. The van der Waals surface area contributed by atoms with Gasteiger partial charge in [0.15, 0.2) is 5.11 Å². The van der Waals surface area contributed by atoms with Crippen LogP contribution in [0.4, 0.5) is 5.00 Å². The lowest BCUT2D eigenvalue weighted by molar-refractivity contribution is -0.119. The Labute approximate surface area is 176 Å². The monoisotopic (exact) mass is 411 g/mol. The maximum Gasteiger partial charge on any atom is 0.230 e. The topological polar surface area (TPSA) is 64.9 Å². The highest BCUT2D eigenvalue weighted by Gasteiger charge is 2.32. The predicted molar refractivity (Wildman–Crippen MR) is 119 cm³/mol. The summed E-state index contributed by atoms with van der Waals surface area (Å²) in [5, 5.41) is 16.5. The van der Waals surface area contributed by atoms with E-state index in [2.05, 4.69) is 37.5 Å². The Morgan fingerprint density at radius 2 is 2.04 bits per heavy atom. The van der Waals surface area contributed by atoms with E-state index in [1.54, 1.807) is 11.3 Å². The van der Waals surface area contributed by atoms with Gasteiger partial charge in [0.1, 0.15) is 11.1 Å². The van der Waals surface area contributed by atoms with Gasteiger partial charge in [0.25, 0.3) is 0 Å². The molecule has 2 N–H and O–H groups in total. The Balaban J connectivity index is 1.67. The highest BCUT2D eigenvalue weighted by Crippen LogP contribution is 2.43. The Morgan fingerprint density at radius 1 is 1.32 bits per heavy atom. The second kappa shape index (κ2) is 8.42. The fraction of sp³-hybridized carbons (Fsp3) is 0.409. The molecule has 0 bridgehead atoms. The van der Waals surface area contributed by atoms with Crippen LogP contribution >= 0.6 is 23.6 Å². The zero-order valence-corrected chi connectivity index (χ0v) is 18.1. The van der Waals surface area contributed by atoms with Crippen molar-refractivity contribution in [1.82, 2.24) is 5.32 Å². The van der Waals surface area contributed by atoms with E-state index in [1.807, 2.05) is 30.3 Å². The molecular weight excluding hydrogens is 386 g/mol. The molecule has 28 heavy (non-hydrogen) atoms. The number of nitrogens with one attached hydrogen (secondary N) is 2. The molecule has 146 valence electrons. The molecule has 1 aromatic carbocycles. The zero-order valence-electron chi connectivity index (χ0n) is 16.5. The highest BCUT2D eigenvalue weighted by atomic mass is 32.1. The lowest BCUT2D eigenvalue weighted by Gasteiger charge is -2.33. The van der Waals surface area contributed by atoms with Crippen LogP contribution in [0.1, 0.15) is 48.8 Å². The van der Waals surface area contributed by atoms with Crippen molar-refractivity contribution in [2.45, 2.75) is 46.5 Å². The molecule has 0 fully saturated rings. The van der Waals surface area contributed by atoms with Crippen molar-refractivity contribution in [2.24, 2.45) is 11.3 Å². The first-order valence-corrected chi connectivity index (χ1v) is 10.7. The highest BCUT2D eigenvalue weighted by molar-refractivity contribution is 7.80. The Hall–Kier alpha value is -2.23.